The van der Waals surface area contributed by atoms with E-state index in [0.29, 0.717) is 17.5 Å². The summed E-state index contributed by atoms with van der Waals surface area (Å²) >= 11 is 1.79. The minimum absolute atomic E-state index is 0.481. The second-order valence-electron chi connectivity index (χ2n) is 19.4. The molecule has 3 heterocycles. The summed E-state index contributed by atoms with van der Waals surface area (Å²) in [5.74, 6) is 1.81. The van der Waals surface area contributed by atoms with E-state index in [-0.39, 0.29) is 0 Å². The van der Waals surface area contributed by atoms with Gasteiger partial charge in [0, 0.05) is 47.6 Å². The van der Waals surface area contributed by atoms with Crippen molar-refractivity contribution in [1.29, 1.82) is 0 Å². The molecule has 0 N–H and O–H groups in total. The van der Waals surface area contributed by atoms with E-state index in [4.69, 9.17) is 19.4 Å². The Kier molecular flexibility index (Phi) is 9.94. The zero-order chi connectivity index (χ0) is 49.5. The van der Waals surface area contributed by atoms with E-state index >= 15 is 0 Å². The summed E-state index contributed by atoms with van der Waals surface area (Å²) in [4.78, 5) is 16.1. The Bertz CT molecular complexity index is 4500. The first-order chi connectivity index (χ1) is 37.2. The van der Waals surface area contributed by atoms with E-state index in [1.165, 1.54) is 53.7 Å². The van der Waals surface area contributed by atoms with Crippen LogP contribution in [0.1, 0.15) is 22.3 Å². The SMILES string of the molecule is c1ccc(-c2cccc(-c3nc(-c4cccc5oc6ccc(-c7cccc(-c8cccc9c8-c8ccccc8C9(c8ccccc8)c8ccccc8)c7)cc6c45)nc(-c4cccc5sc6ccccc6c45)n3)c2)cc1. The van der Waals surface area contributed by atoms with E-state index in [1.54, 1.807) is 11.3 Å². The Balaban J connectivity index is 0.893. The molecular formula is C70H43N3OS. The predicted molar refractivity (Wildman–Crippen MR) is 310 cm³/mol. The zero-order valence-electron chi connectivity index (χ0n) is 40.5. The summed E-state index contributed by atoms with van der Waals surface area (Å²) in [7, 11) is 0. The molecule has 5 heteroatoms. The van der Waals surface area contributed by atoms with Gasteiger partial charge in [0.15, 0.2) is 17.5 Å². The van der Waals surface area contributed by atoms with Gasteiger partial charge in [-0.3, -0.25) is 0 Å². The summed E-state index contributed by atoms with van der Waals surface area (Å²) < 4.78 is 9.12. The van der Waals surface area contributed by atoms with Crippen LogP contribution in [0, 0.1) is 0 Å². The molecule has 350 valence electrons. The van der Waals surface area contributed by atoms with Crippen LogP contribution in [-0.2, 0) is 5.41 Å². The second-order valence-corrected chi connectivity index (χ2v) is 20.4. The first kappa shape index (κ1) is 43.1. The van der Waals surface area contributed by atoms with Gasteiger partial charge >= 0.3 is 0 Å². The summed E-state index contributed by atoms with van der Waals surface area (Å²) in [5, 5.41) is 4.29. The number of hydrogen-bond donors (Lipinski definition) is 0. The molecule has 0 fully saturated rings. The lowest BCUT2D eigenvalue weighted by molar-refractivity contribution is 0.669. The van der Waals surface area contributed by atoms with Gasteiger partial charge in [-0.05, 0) is 109 Å². The Morgan fingerprint density at radius 1 is 0.307 bits per heavy atom. The maximum Gasteiger partial charge on any atom is 0.164 e. The standard InChI is InChI=1S/C70H43N3OS/c1-4-19-44(20-5-1)45-21-15-24-49(42-45)67-71-68(73-69(72-67)56-33-18-38-63-66(56)54-30-11-13-37-62(54)75-63)55-32-17-36-61-65(55)57-43-47(39-40-60(57)74-61)46-22-14-23-48(41-46)52-31-16-35-59-64(52)53-29-10-12-34-58(53)70(59,50-25-6-2-7-26-50)51-27-8-3-9-28-51/h1-43H. The smallest absolute Gasteiger partial charge is 0.164 e. The normalized spacial score (nSPS) is 12.6. The van der Waals surface area contributed by atoms with Crippen molar-refractivity contribution in [2.45, 2.75) is 5.41 Å². The van der Waals surface area contributed by atoms with Crippen molar-refractivity contribution in [2.75, 3.05) is 0 Å². The minimum atomic E-state index is -0.481. The highest BCUT2D eigenvalue weighted by atomic mass is 32.1. The van der Waals surface area contributed by atoms with Crippen molar-refractivity contribution in [3.05, 3.63) is 283 Å². The Morgan fingerprint density at radius 3 is 1.61 bits per heavy atom. The Hall–Kier alpha value is -9.55. The topological polar surface area (TPSA) is 51.8 Å². The third kappa shape index (κ3) is 6.86. The van der Waals surface area contributed by atoms with Crippen molar-refractivity contribution in [3.8, 4) is 78.7 Å². The third-order valence-electron chi connectivity index (χ3n) is 15.2. The largest absolute Gasteiger partial charge is 0.456 e. The highest BCUT2D eigenvalue weighted by Crippen LogP contribution is 2.58. The van der Waals surface area contributed by atoms with Crippen molar-refractivity contribution >= 4 is 53.4 Å². The molecule has 0 unspecified atom stereocenters. The number of nitrogens with zero attached hydrogens (tertiary/aromatic N) is 3. The van der Waals surface area contributed by atoms with Crippen molar-refractivity contribution in [3.63, 3.8) is 0 Å². The molecule has 0 bridgehead atoms. The number of aromatic nitrogens is 3. The number of hydrogen-bond acceptors (Lipinski definition) is 5. The van der Waals surface area contributed by atoms with E-state index in [0.717, 1.165) is 71.8 Å². The van der Waals surface area contributed by atoms with Gasteiger partial charge in [-0.25, -0.2) is 15.0 Å². The van der Waals surface area contributed by atoms with Crippen molar-refractivity contribution in [1.82, 2.24) is 15.0 Å². The van der Waals surface area contributed by atoms with Gasteiger partial charge < -0.3 is 4.42 Å². The molecule has 15 rings (SSSR count). The lowest BCUT2D eigenvalue weighted by Gasteiger charge is -2.34. The fourth-order valence-electron chi connectivity index (χ4n) is 12.0. The van der Waals surface area contributed by atoms with Gasteiger partial charge in [-0.2, -0.15) is 0 Å². The van der Waals surface area contributed by atoms with Crippen LogP contribution >= 0.6 is 11.3 Å². The van der Waals surface area contributed by atoms with Crippen LogP contribution in [0.3, 0.4) is 0 Å². The maximum atomic E-state index is 6.69. The lowest BCUT2D eigenvalue weighted by atomic mass is 9.67. The fraction of sp³-hybridized carbons (Fsp3) is 0.0143. The minimum Gasteiger partial charge on any atom is -0.456 e. The van der Waals surface area contributed by atoms with Crippen LogP contribution in [0.5, 0.6) is 0 Å². The first-order valence-corrected chi connectivity index (χ1v) is 26.2. The predicted octanol–water partition coefficient (Wildman–Crippen LogP) is 18.5. The van der Waals surface area contributed by atoms with E-state index in [1.807, 2.05) is 18.2 Å². The summed E-state index contributed by atoms with van der Waals surface area (Å²) in [6, 6.07) is 93.6. The van der Waals surface area contributed by atoms with Gasteiger partial charge in [-0.1, -0.05) is 218 Å². The Morgan fingerprint density at radius 2 is 0.827 bits per heavy atom. The molecule has 75 heavy (non-hydrogen) atoms. The molecule has 0 saturated carbocycles. The molecule has 0 amide bonds. The highest BCUT2D eigenvalue weighted by molar-refractivity contribution is 7.25. The highest BCUT2D eigenvalue weighted by Gasteiger charge is 2.46. The molecular weight excluding hydrogens is 931 g/mol. The number of furan rings is 1. The van der Waals surface area contributed by atoms with Crippen molar-refractivity contribution in [2.24, 2.45) is 0 Å². The molecule has 0 atom stereocenters. The lowest BCUT2D eigenvalue weighted by Crippen LogP contribution is -2.28. The van der Waals surface area contributed by atoms with Crippen LogP contribution in [0.4, 0.5) is 0 Å². The van der Waals surface area contributed by atoms with Gasteiger partial charge in [0.25, 0.3) is 0 Å². The van der Waals surface area contributed by atoms with Crippen molar-refractivity contribution < 1.29 is 4.42 Å². The van der Waals surface area contributed by atoms with Gasteiger partial charge in [0.1, 0.15) is 11.2 Å². The summed E-state index contributed by atoms with van der Waals surface area (Å²) in [5.41, 5.74) is 18.2. The van der Waals surface area contributed by atoms with Crippen LogP contribution in [0.15, 0.2) is 265 Å². The van der Waals surface area contributed by atoms with Crippen LogP contribution < -0.4 is 0 Å². The second kappa shape index (κ2) is 17.3. The molecule has 14 aromatic rings. The number of fused-ring (bicyclic) bond motifs is 9. The number of rotatable bonds is 8. The van der Waals surface area contributed by atoms with E-state index < -0.39 is 5.41 Å². The third-order valence-corrected chi connectivity index (χ3v) is 16.4. The molecule has 0 aliphatic heterocycles. The van der Waals surface area contributed by atoms with E-state index in [2.05, 4.69) is 243 Å². The number of benzene rings is 11. The first-order valence-electron chi connectivity index (χ1n) is 25.4. The van der Waals surface area contributed by atoms with Crippen LogP contribution in [0.25, 0.3) is 121 Å². The zero-order valence-corrected chi connectivity index (χ0v) is 41.3. The number of thiophene rings is 1. The van der Waals surface area contributed by atoms with Gasteiger partial charge in [0.2, 0.25) is 0 Å². The molecule has 0 spiro atoms. The molecule has 4 nitrogen and oxygen atoms in total. The Labute approximate surface area is 437 Å². The average molecular weight is 974 g/mol. The van der Waals surface area contributed by atoms with Gasteiger partial charge in [0.05, 0.1) is 5.41 Å². The average Bonchev–Trinajstić information content (AvgIpc) is 4.18. The molecule has 1 aliphatic rings. The molecule has 11 aromatic carbocycles. The molecule has 0 radical (unpaired) electrons. The van der Waals surface area contributed by atoms with E-state index in [9.17, 15) is 0 Å². The van der Waals surface area contributed by atoms with Crippen LogP contribution in [0.2, 0.25) is 0 Å². The molecule has 3 aromatic heterocycles. The summed E-state index contributed by atoms with van der Waals surface area (Å²) in [6.45, 7) is 0. The maximum absolute atomic E-state index is 6.69. The monoisotopic (exact) mass is 973 g/mol. The van der Waals surface area contributed by atoms with Gasteiger partial charge in [-0.15, -0.1) is 11.3 Å². The van der Waals surface area contributed by atoms with Crippen LogP contribution in [-0.4, -0.2) is 15.0 Å². The fourth-order valence-corrected chi connectivity index (χ4v) is 13.1. The summed E-state index contributed by atoms with van der Waals surface area (Å²) in [6.07, 6.45) is 0. The quantitative estimate of drug-likeness (QED) is 0.152. The molecule has 1 aliphatic carbocycles. The molecule has 0 saturated heterocycles.